The number of hydrogen-bond donors (Lipinski definition) is 1. The van der Waals surface area contributed by atoms with Crippen LogP contribution in [0.3, 0.4) is 0 Å². The topological polar surface area (TPSA) is 34.9 Å². The Bertz CT molecular complexity index is 324. The van der Waals surface area contributed by atoms with Crippen LogP contribution in [0, 0.1) is 5.92 Å². The molecule has 4 heteroatoms. The number of thiol groups is 1. The van der Waals surface area contributed by atoms with Gasteiger partial charge in [0.25, 0.3) is 0 Å². The van der Waals surface area contributed by atoms with Crippen molar-refractivity contribution in [2.24, 2.45) is 5.92 Å². The number of nitrogens with zero attached hydrogens (tertiary/aromatic N) is 2. The zero-order valence-corrected chi connectivity index (χ0v) is 9.28. The Kier molecular flexibility index (Phi) is 4.73. The Hall–Kier alpha value is -0.770. The molecule has 0 radical (unpaired) electrons. The van der Waals surface area contributed by atoms with Gasteiger partial charge in [0.2, 0.25) is 0 Å². The molecule has 14 heavy (non-hydrogen) atoms. The van der Waals surface area contributed by atoms with Crippen LogP contribution < -0.4 is 5.69 Å². The third-order valence-corrected chi connectivity index (χ3v) is 2.71. The van der Waals surface area contributed by atoms with E-state index >= 15 is 0 Å². The Balaban J connectivity index is 2.67. The van der Waals surface area contributed by atoms with Gasteiger partial charge >= 0.3 is 5.69 Å². The van der Waals surface area contributed by atoms with Crippen LogP contribution >= 0.6 is 12.6 Å². The van der Waals surface area contributed by atoms with Crippen LogP contribution in [0.2, 0.25) is 0 Å². The summed E-state index contributed by atoms with van der Waals surface area (Å²) in [6.45, 7) is 2.87. The molecular weight excluding hydrogens is 196 g/mol. The molecule has 1 rings (SSSR count). The average Bonchev–Trinajstić information content (AvgIpc) is 2.20. The monoisotopic (exact) mass is 212 g/mol. The minimum absolute atomic E-state index is 0.171. The molecule has 1 aromatic rings. The fourth-order valence-corrected chi connectivity index (χ4v) is 1.75. The molecule has 0 spiro atoms. The van der Waals surface area contributed by atoms with E-state index in [1.54, 1.807) is 16.8 Å². The predicted octanol–water partition coefficient (Wildman–Crippen LogP) is 1.59. The summed E-state index contributed by atoms with van der Waals surface area (Å²) < 4.78 is 1.65. The summed E-state index contributed by atoms with van der Waals surface area (Å²) >= 11 is 4.28. The molecule has 0 bridgehead atoms. The quantitative estimate of drug-likeness (QED) is 0.752. The molecule has 0 N–H and O–H groups in total. The molecule has 0 aliphatic heterocycles. The van der Waals surface area contributed by atoms with Gasteiger partial charge in [-0.2, -0.15) is 12.6 Å². The Morgan fingerprint density at radius 3 is 3.00 bits per heavy atom. The van der Waals surface area contributed by atoms with Crippen LogP contribution in [0.25, 0.3) is 0 Å². The van der Waals surface area contributed by atoms with Gasteiger partial charge in [-0.3, -0.25) is 4.57 Å². The van der Waals surface area contributed by atoms with Crippen molar-refractivity contribution in [1.29, 1.82) is 0 Å². The van der Waals surface area contributed by atoms with E-state index in [2.05, 4.69) is 24.5 Å². The lowest BCUT2D eigenvalue weighted by atomic mass is 10.1. The van der Waals surface area contributed by atoms with Crippen molar-refractivity contribution in [2.45, 2.75) is 26.3 Å². The zero-order chi connectivity index (χ0) is 10.4. The molecule has 1 aromatic heterocycles. The minimum atomic E-state index is -0.171. The van der Waals surface area contributed by atoms with Crippen LogP contribution in [0.1, 0.15) is 19.8 Å². The van der Waals surface area contributed by atoms with E-state index in [0.29, 0.717) is 5.92 Å². The minimum Gasteiger partial charge on any atom is -0.299 e. The lowest BCUT2D eigenvalue weighted by molar-refractivity contribution is 0.441. The van der Waals surface area contributed by atoms with E-state index in [1.807, 2.05) is 0 Å². The Labute approximate surface area is 89.6 Å². The third-order valence-electron chi connectivity index (χ3n) is 2.19. The van der Waals surface area contributed by atoms with Gasteiger partial charge in [0.1, 0.15) is 0 Å². The maximum absolute atomic E-state index is 11.3. The van der Waals surface area contributed by atoms with Crippen molar-refractivity contribution >= 4 is 12.6 Å². The largest absolute Gasteiger partial charge is 0.347 e. The van der Waals surface area contributed by atoms with Gasteiger partial charge in [0, 0.05) is 18.9 Å². The molecule has 78 valence electrons. The first-order valence-electron chi connectivity index (χ1n) is 4.90. The van der Waals surface area contributed by atoms with Crippen molar-refractivity contribution in [2.75, 3.05) is 5.75 Å². The van der Waals surface area contributed by atoms with Crippen LogP contribution in [0.15, 0.2) is 23.3 Å². The standard InChI is InChI=1S/C10H16N2OS/c1-2-4-9(8-14)7-12-6-3-5-11-10(12)13/h3,5-6,9,14H,2,4,7-8H2,1H3. The van der Waals surface area contributed by atoms with Gasteiger partial charge in [-0.05, 0) is 24.2 Å². The molecule has 0 aliphatic carbocycles. The van der Waals surface area contributed by atoms with E-state index in [4.69, 9.17) is 0 Å². The van der Waals surface area contributed by atoms with E-state index in [1.165, 1.54) is 6.20 Å². The lowest BCUT2D eigenvalue weighted by Gasteiger charge is -2.13. The van der Waals surface area contributed by atoms with Gasteiger partial charge in [-0.1, -0.05) is 13.3 Å². The van der Waals surface area contributed by atoms with E-state index < -0.39 is 0 Å². The van der Waals surface area contributed by atoms with Crippen molar-refractivity contribution in [1.82, 2.24) is 9.55 Å². The molecule has 3 nitrogen and oxygen atoms in total. The summed E-state index contributed by atoms with van der Waals surface area (Å²) in [4.78, 5) is 15.0. The summed E-state index contributed by atoms with van der Waals surface area (Å²) in [5.74, 6) is 1.28. The summed E-state index contributed by atoms with van der Waals surface area (Å²) in [5.41, 5.74) is -0.171. The third kappa shape index (κ3) is 3.18. The second kappa shape index (κ2) is 5.86. The SMILES string of the molecule is CCCC(CS)Cn1cccnc1=O. The smallest absolute Gasteiger partial charge is 0.299 e. The van der Waals surface area contributed by atoms with Crippen molar-refractivity contribution in [3.63, 3.8) is 0 Å². The average molecular weight is 212 g/mol. The summed E-state index contributed by atoms with van der Waals surface area (Å²) in [5, 5.41) is 0. The highest BCUT2D eigenvalue weighted by Crippen LogP contribution is 2.09. The van der Waals surface area contributed by atoms with Gasteiger partial charge in [0.15, 0.2) is 0 Å². The molecule has 1 heterocycles. The fraction of sp³-hybridized carbons (Fsp3) is 0.600. The second-order valence-electron chi connectivity index (χ2n) is 3.39. The lowest BCUT2D eigenvalue weighted by Crippen LogP contribution is -2.25. The summed E-state index contributed by atoms with van der Waals surface area (Å²) in [6, 6.07) is 1.78. The number of rotatable bonds is 5. The molecule has 1 unspecified atom stereocenters. The first-order valence-corrected chi connectivity index (χ1v) is 5.53. The highest BCUT2D eigenvalue weighted by atomic mass is 32.1. The molecule has 1 atom stereocenters. The number of hydrogen-bond acceptors (Lipinski definition) is 3. The molecule has 0 aromatic carbocycles. The predicted molar refractivity (Wildman–Crippen MR) is 60.7 cm³/mol. The van der Waals surface area contributed by atoms with E-state index in [9.17, 15) is 4.79 Å². The van der Waals surface area contributed by atoms with Crippen molar-refractivity contribution < 1.29 is 0 Å². The second-order valence-corrected chi connectivity index (χ2v) is 3.76. The van der Waals surface area contributed by atoms with Gasteiger partial charge < -0.3 is 0 Å². The Morgan fingerprint density at radius 2 is 2.43 bits per heavy atom. The van der Waals surface area contributed by atoms with Crippen molar-refractivity contribution in [3.05, 3.63) is 28.9 Å². The normalized spacial score (nSPS) is 12.7. The molecule has 0 aliphatic rings. The first-order chi connectivity index (χ1) is 6.77. The van der Waals surface area contributed by atoms with E-state index in [0.717, 1.165) is 25.1 Å². The van der Waals surface area contributed by atoms with Crippen LogP contribution in [-0.4, -0.2) is 15.3 Å². The molecule has 0 fully saturated rings. The van der Waals surface area contributed by atoms with E-state index in [-0.39, 0.29) is 5.69 Å². The fourth-order valence-electron chi connectivity index (χ4n) is 1.45. The van der Waals surface area contributed by atoms with Crippen LogP contribution in [0.4, 0.5) is 0 Å². The molecule has 0 saturated heterocycles. The number of aromatic nitrogens is 2. The highest BCUT2D eigenvalue weighted by Gasteiger charge is 2.07. The van der Waals surface area contributed by atoms with Crippen molar-refractivity contribution in [3.8, 4) is 0 Å². The van der Waals surface area contributed by atoms with Gasteiger partial charge in [-0.15, -0.1) is 0 Å². The van der Waals surface area contributed by atoms with Crippen LogP contribution in [-0.2, 0) is 6.54 Å². The zero-order valence-electron chi connectivity index (χ0n) is 8.39. The maximum atomic E-state index is 11.3. The van der Waals surface area contributed by atoms with Gasteiger partial charge in [-0.25, -0.2) is 9.78 Å². The highest BCUT2D eigenvalue weighted by molar-refractivity contribution is 7.80. The first kappa shape index (κ1) is 11.3. The molecular formula is C10H16N2OS. The van der Waals surface area contributed by atoms with Gasteiger partial charge in [0.05, 0.1) is 0 Å². The maximum Gasteiger partial charge on any atom is 0.347 e. The Morgan fingerprint density at radius 1 is 1.64 bits per heavy atom. The summed E-state index contributed by atoms with van der Waals surface area (Å²) in [6.07, 6.45) is 5.53. The molecule has 0 saturated carbocycles. The summed E-state index contributed by atoms with van der Waals surface area (Å²) in [7, 11) is 0. The van der Waals surface area contributed by atoms with Crippen LogP contribution in [0.5, 0.6) is 0 Å². The molecule has 0 amide bonds.